The van der Waals surface area contributed by atoms with Crippen molar-refractivity contribution in [1.29, 1.82) is 0 Å². The van der Waals surface area contributed by atoms with Crippen LogP contribution in [0.3, 0.4) is 0 Å². The highest BCUT2D eigenvalue weighted by molar-refractivity contribution is 5.81. The molecule has 6 nitrogen and oxygen atoms in total. The lowest BCUT2D eigenvalue weighted by Crippen LogP contribution is -2.41. The summed E-state index contributed by atoms with van der Waals surface area (Å²) in [4.78, 5) is 11.5. The quantitative estimate of drug-likeness (QED) is 0.483. The van der Waals surface area contributed by atoms with Crippen LogP contribution in [0.4, 0.5) is 0 Å². The minimum Gasteiger partial charge on any atom is -0.385 e. The van der Waals surface area contributed by atoms with Crippen molar-refractivity contribution in [3.05, 3.63) is 0 Å². The summed E-state index contributed by atoms with van der Waals surface area (Å²) in [7, 11) is 3.24. The number of ether oxygens (including phenoxy) is 3. The molecule has 1 amide bonds. The van der Waals surface area contributed by atoms with E-state index < -0.39 is 6.04 Å². The average Bonchev–Trinajstić information content (AvgIpc) is 2.33. The normalized spacial score (nSPS) is 12.4. The zero-order chi connectivity index (χ0) is 12.9. The van der Waals surface area contributed by atoms with Gasteiger partial charge in [-0.1, -0.05) is 0 Å². The monoisotopic (exact) mass is 248 g/mol. The molecule has 0 aromatic heterocycles. The first-order chi connectivity index (χ1) is 8.22. The Balaban J connectivity index is 3.37. The van der Waals surface area contributed by atoms with Crippen molar-refractivity contribution in [2.24, 2.45) is 5.73 Å². The summed E-state index contributed by atoms with van der Waals surface area (Å²) in [5, 5.41) is 2.72. The Kier molecular flexibility index (Phi) is 11.3. The molecule has 0 heterocycles. The number of rotatable bonds is 11. The van der Waals surface area contributed by atoms with Gasteiger partial charge in [0.05, 0.1) is 25.9 Å². The topological polar surface area (TPSA) is 82.8 Å². The molecule has 3 N–H and O–H groups in total. The van der Waals surface area contributed by atoms with Gasteiger partial charge in [-0.05, 0) is 12.8 Å². The van der Waals surface area contributed by atoms with Gasteiger partial charge in [0.2, 0.25) is 5.91 Å². The van der Waals surface area contributed by atoms with Crippen molar-refractivity contribution in [3.63, 3.8) is 0 Å². The lowest BCUT2D eigenvalue weighted by molar-refractivity contribution is -0.122. The van der Waals surface area contributed by atoms with Crippen LogP contribution in [0.5, 0.6) is 0 Å². The van der Waals surface area contributed by atoms with Crippen LogP contribution >= 0.6 is 0 Å². The summed E-state index contributed by atoms with van der Waals surface area (Å²) in [6, 6.07) is -0.468. The lowest BCUT2D eigenvalue weighted by Gasteiger charge is -2.12. The molecular weight excluding hydrogens is 224 g/mol. The van der Waals surface area contributed by atoms with Crippen molar-refractivity contribution in [3.8, 4) is 0 Å². The first-order valence-corrected chi connectivity index (χ1v) is 5.81. The third-order valence-corrected chi connectivity index (χ3v) is 2.18. The summed E-state index contributed by atoms with van der Waals surface area (Å²) in [6.45, 7) is 2.66. The van der Waals surface area contributed by atoms with Gasteiger partial charge in [0.1, 0.15) is 0 Å². The maximum Gasteiger partial charge on any atom is 0.236 e. The molecule has 1 unspecified atom stereocenters. The Morgan fingerprint density at radius 2 is 1.88 bits per heavy atom. The highest BCUT2D eigenvalue weighted by Crippen LogP contribution is 1.94. The van der Waals surface area contributed by atoms with E-state index in [-0.39, 0.29) is 5.91 Å². The van der Waals surface area contributed by atoms with Gasteiger partial charge in [0, 0.05) is 27.4 Å². The molecule has 0 rings (SSSR count). The van der Waals surface area contributed by atoms with Crippen LogP contribution in [-0.2, 0) is 19.0 Å². The van der Waals surface area contributed by atoms with Crippen LogP contribution in [0.15, 0.2) is 0 Å². The van der Waals surface area contributed by atoms with Crippen LogP contribution in [0, 0.1) is 0 Å². The second kappa shape index (κ2) is 11.8. The highest BCUT2D eigenvalue weighted by atomic mass is 16.5. The Morgan fingerprint density at radius 3 is 2.53 bits per heavy atom. The maximum atomic E-state index is 11.5. The maximum absolute atomic E-state index is 11.5. The SMILES string of the molecule is COCCCC(N)C(=O)NCCOCCOC. The van der Waals surface area contributed by atoms with Crippen LogP contribution in [-0.4, -0.2) is 59.1 Å². The number of carbonyl (C=O) groups excluding carboxylic acids is 1. The van der Waals surface area contributed by atoms with E-state index in [0.717, 1.165) is 6.42 Å². The van der Waals surface area contributed by atoms with E-state index in [2.05, 4.69) is 5.32 Å². The summed E-state index contributed by atoms with van der Waals surface area (Å²) in [5.41, 5.74) is 5.69. The molecule has 0 aliphatic carbocycles. The number of nitrogens with one attached hydrogen (secondary N) is 1. The van der Waals surface area contributed by atoms with Gasteiger partial charge >= 0.3 is 0 Å². The van der Waals surface area contributed by atoms with E-state index in [1.165, 1.54) is 0 Å². The first-order valence-electron chi connectivity index (χ1n) is 5.81. The van der Waals surface area contributed by atoms with Crippen LogP contribution < -0.4 is 11.1 Å². The fraction of sp³-hybridized carbons (Fsp3) is 0.909. The third kappa shape index (κ3) is 10.2. The van der Waals surface area contributed by atoms with Gasteiger partial charge < -0.3 is 25.3 Å². The molecule has 0 aliphatic rings. The fourth-order valence-corrected chi connectivity index (χ4v) is 1.20. The lowest BCUT2D eigenvalue weighted by atomic mass is 10.1. The zero-order valence-corrected chi connectivity index (χ0v) is 10.7. The second-order valence-electron chi connectivity index (χ2n) is 3.64. The van der Waals surface area contributed by atoms with Crippen molar-refractivity contribution in [2.75, 3.05) is 47.2 Å². The highest BCUT2D eigenvalue weighted by Gasteiger charge is 2.11. The van der Waals surface area contributed by atoms with E-state index in [4.69, 9.17) is 19.9 Å². The zero-order valence-electron chi connectivity index (χ0n) is 10.7. The largest absolute Gasteiger partial charge is 0.385 e. The molecule has 0 aromatic rings. The Morgan fingerprint density at radius 1 is 1.18 bits per heavy atom. The summed E-state index contributed by atoms with van der Waals surface area (Å²) in [5.74, 6) is -0.142. The van der Waals surface area contributed by atoms with Crippen LogP contribution in [0.25, 0.3) is 0 Å². The van der Waals surface area contributed by atoms with E-state index in [0.29, 0.717) is 39.4 Å². The molecule has 0 fully saturated rings. The average molecular weight is 248 g/mol. The van der Waals surface area contributed by atoms with Gasteiger partial charge in [-0.15, -0.1) is 0 Å². The molecule has 102 valence electrons. The predicted octanol–water partition coefficient (Wildman–Crippen LogP) is -0.480. The second-order valence-corrected chi connectivity index (χ2v) is 3.64. The summed E-state index contributed by atoms with van der Waals surface area (Å²) in [6.07, 6.45) is 1.42. The van der Waals surface area contributed by atoms with Gasteiger partial charge in [0.25, 0.3) is 0 Å². The van der Waals surface area contributed by atoms with Crippen molar-refractivity contribution in [2.45, 2.75) is 18.9 Å². The van der Waals surface area contributed by atoms with Crippen molar-refractivity contribution < 1.29 is 19.0 Å². The van der Waals surface area contributed by atoms with Crippen LogP contribution in [0.1, 0.15) is 12.8 Å². The van der Waals surface area contributed by atoms with Crippen molar-refractivity contribution in [1.82, 2.24) is 5.32 Å². The molecule has 0 saturated heterocycles. The molecule has 0 aromatic carbocycles. The van der Waals surface area contributed by atoms with Gasteiger partial charge in [-0.25, -0.2) is 0 Å². The molecule has 1 atom stereocenters. The number of carbonyl (C=O) groups is 1. The Bertz CT molecular complexity index is 190. The molecule has 0 radical (unpaired) electrons. The molecule has 0 bridgehead atoms. The molecule has 17 heavy (non-hydrogen) atoms. The molecule has 6 heteroatoms. The molecule has 0 saturated carbocycles. The minimum atomic E-state index is -0.468. The molecule has 0 spiro atoms. The standard InChI is InChI=1S/C11H24N2O4/c1-15-6-3-4-10(12)11(14)13-5-7-17-9-8-16-2/h10H,3-9,12H2,1-2H3,(H,13,14). The number of hydrogen-bond donors (Lipinski definition) is 2. The van der Waals surface area contributed by atoms with E-state index in [9.17, 15) is 4.79 Å². The third-order valence-electron chi connectivity index (χ3n) is 2.18. The number of hydrogen-bond acceptors (Lipinski definition) is 5. The van der Waals surface area contributed by atoms with E-state index in [1.54, 1.807) is 14.2 Å². The summed E-state index contributed by atoms with van der Waals surface area (Å²) < 4.78 is 14.9. The predicted molar refractivity (Wildman–Crippen MR) is 64.8 cm³/mol. The smallest absolute Gasteiger partial charge is 0.236 e. The Hall–Kier alpha value is -0.690. The van der Waals surface area contributed by atoms with Gasteiger partial charge in [-0.2, -0.15) is 0 Å². The number of methoxy groups -OCH3 is 2. The molecule has 0 aliphatic heterocycles. The fourth-order valence-electron chi connectivity index (χ4n) is 1.20. The summed E-state index contributed by atoms with van der Waals surface area (Å²) >= 11 is 0. The van der Waals surface area contributed by atoms with Crippen molar-refractivity contribution >= 4 is 5.91 Å². The minimum absolute atomic E-state index is 0.142. The number of nitrogens with two attached hydrogens (primary N) is 1. The van der Waals surface area contributed by atoms with Crippen LogP contribution in [0.2, 0.25) is 0 Å². The van der Waals surface area contributed by atoms with E-state index >= 15 is 0 Å². The van der Waals surface area contributed by atoms with E-state index in [1.807, 2.05) is 0 Å². The number of amides is 1. The first kappa shape index (κ1) is 16.3. The van der Waals surface area contributed by atoms with Gasteiger partial charge in [-0.3, -0.25) is 4.79 Å². The Labute approximate surface area is 103 Å². The van der Waals surface area contributed by atoms with Gasteiger partial charge in [0.15, 0.2) is 0 Å². The molecular formula is C11H24N2O4.